The lowest BCUT2D eigenvalue weighted by atomic mass is 10.1. The molecule has 0 radical (unpaired) electrons. The van der Waals surface area contributed by atoms with Gasteiger partial charge in [-0.1, -0.05) is 24.0 Å². The maximum absolute atomic E-state index is 12.8. The molecule has 0 fully saturated rings. The molecular weight excluding hydrogens is 439 g/mol. The summed E-state index contributed by atoms with van der Waals surface area (Å²) in [4.78, 5) is 16.5. The summed E-state index contributed by atoms with van der Waals surface area (Å²) < 4.78 is 38.4. The monoisotopic (exact) mass is 455 g/mol. The Morgan fingerprint density at radius 2 is 1.84 bits per heavy atom. The minimum atomic E-state index is -4.58. The number of thiazole rings is 1. The zero-order valence-corrected chi connectivity index (χ0v) is 17.7. The van der Waals surface area contributed by atoms with Crippen molar-refractivity contribution < 1.29 is 18.3 Å². The zero-order chi connectivity index (χ0) is 23.1. The lowest BCUT2D eigenvalue weighted by Gasteiger charge is -2.12. The Morgan fingerprint density at radius 3 is 2.56 bits per heavy atom. The highest BCUT2D eigenvalue weighted by molar-refractivity contribution is 7.09. The average Bonchev–Trinajstić information content (AvgIpc) is 3.24. The van der Waals surface area contributed by atoms with Crippen LogP contribution >= 0.6 is 11.3 Å². The number of halogens is 3. The molecule has 1 aromatic carbocycles. The van der Waals surface area contributed by atoms with Gasteiger partial charge in [0.2, 0.25) is 0 Å². The van der Waals surface area contributed by atoms with Crippen LogP contribution in [-0.2, 0) is 11.8 Å². The fraction of sp³-hybridized carbons (Fsp3) is 0.182. The Balaban J connectivity index is 1.65. The molecule has 0 saturated carbocycles. The van der Waals surface area contributed by atoms with Crippen LogP contribution in [0, 0.1) is 18.8 Å². The van der Waals surface area contributed by atoms with Crippen LogP contribution in [0.5, 0.6) is 0 Å². The van der Waals surface area contributed by atoms with Crippen molar-refractivity contribution in [2.45, 2.75) is 25.6 Å². The van der Waals surface area contributed by atoms with Crippen LogP contribution in [0.4, 0.5) is 19.0 Å². The number of hydrogen-bond acceptors (Lipinski definition) is 7. The third-order valence-electron chi connectivity index (χ3n) is 4.50. The van der Waals surface area contributed by atoms with Crippen LogP contribution < -0.4 is 5.73 Å². The number of nitrogens with zero attached hydrogens (tertiary/aromatic N) is 4. The molecule has 0 amide bonds. The second kappa shape index (κ2) is 7.85. The topological polar surface area (TPSA) is 97.8 Å². The van der Waals surface area contributed by atoms with Gasteiger partial charge in [-0.3, -0.25) is 0 Å². The standard InChI is InChI=1S/C22H16F3N5OS/c1-12-27-16-7-6-15(29-18(16)19(26)28-12)14-5-3-4-13(10-14)8-9-21(2,31)20-30-17(11-32-20)22(23,24)25/h3-7,10-11,31H,1-2H3,(H2,26,27,28)/t21-/m0/s1. The molecule has 0 unspecified atom stereocenters. The average molecular weight is 455 g/mol. The van der Waals surface area contributed by atoms with Crippen molar-refractivity contribution in [1.29, 1.82) is 0 Å². The van der Waals surface area contributed by atoms with E-state index in [0.29, 0.717) is 39.5 Å². The molecule has 0 bridgehead atoms. The summed E-state index contributed by atoms with van der Waals surface area (Å²) in [5.74, 6) is 6.24. The van der Waals surface area contributed by atoms with Crippen LogP contribution in [0.15, 0.2) is 41.8 Å². The van der Waals surface area contributed by atoms with E-state index in [2.05, 4.69) is 31.8 Å². The number of benzene rings is 1. The number of nitrogen functional groups attached to an aromatic ring is 1. The van der Waals surface area contributed by atoms with E-state index >= 15 is 0 Å². The Bertz CT molecular complexity index is 1390. The number of anilines is 1. The number of fused-ring (bicyclic) bond motifs is 1. The second-order valence-corrected chi connectivity index (χ2v) is 8.02. The van der Waals surface area contributed by atoms with Crippen LogP contribution in [0.2, 0.25) is 0 Å². The molecule has 0 aliphatic heterocycles. The summed E-state index contributed by atoms with van der Waals surface area (Å²) in [6.45, 7) is 3.05. The number of hydrogen-bond donors (Lipinski definition) is 2. The van der Waals surface area contributed by atoms with Gasteiger partial charge in [0.25, 0.3) is 0 Å². The van der Waals surface area contributed by atoms with Crippen LogP contribution in [-0.4, -0.2) is 25.0 Å². The zero-order valence-electron chi connectivity index (χ0n) is 16.9. The van der Waals surface area contributed by atoms with Gasteiger partial charge in [-0.2, -0.15) is 13.2 Å². The summed E-state index contributed by atoms with van der Waals surface area (Å²) in [7, 11) is 0. The normalized spacial score (nSPS) is 13.4. The quantitative estimate of drug-likeness (QED) is 0.437. The molecule has 4 aromatic rings. The summed E-state index contributed by atoms with van der Waals surface area (Å²) in [6, 6.07) is 10.7. The number of rotatable bonds is 2. The van der Waals surface area contributed by atoms with E-state index in [4.69, 9.17) is 5.73 Å². The van der Waals surface area contributed by atoms with Gasteiger partial charge < -0.3 is 10.8 Å². The number of aromatic nitrogens is 4. The first-order valence-electron chi connectivity index (χ1n) is 9.33. The van der Waals surface area contributed by atoms with Crippen molar-refractivity contribution in [2.24, 2.45) is 0 Å². The first-order chi connectivity index (χ1) is 15.0. The molecule has 0 aliphatic rings. The molecule has 0 spiro atoms. The van der Waals surface area contributed by atoms with E-state index in [-0.39, 0.29) is 10.8 Å². The number of aryl methyl sites for hydroxylation is 1. The molecule has 3 heterocycles. The largest absolute Gasteiger partial charge is 0.434 e. The van der Waals surface area contributed by atoms with Gasteiger partial charge >= 0.3 is 6.18 Å². The number of alkyl halides is 3. The predicted molar refractivity (Wildman–Crippen MR) is 115 cm³/mol. The maximum atomic E-state index is 12.8. The van der Waals surface area contributed by atoms with E-state index in [1.165, 1.54) is 6.92 Å². The van der Waals surface area contributed by atoms with Gasteiger partial charge in [-0.05, 0) is 38.1 Å². The van der Waals surface area contributed by atoms with E-state index in [1.807, 2.05) is 6.07 Å². The third-order valence-corrected chi connectivity index (χ3v) is 5.55. The van der Waals surface area contributed by atoms with Gasteiger partial charge in [-0.15, -0.1) is 11.3 Å². The van der Waals surface area contributed by atoms with Gasteiger partial charge in [0, 0.05) is 16.5 Å². The number of aliphatic hydroxyl groups is 1. The summed E-state index contributed by atoms with van der Waals surface area (Å²) in [6.07, 6.45) is -4.58. The highest BCUT2D eigenvalue weighted by Crippen LogP contribution is 2.33. The Labute approximate surface area is 185 Å². The van der Waals surface area contributed by atoms with Crippen LogP contribution in [0.3, 0.4) is 0 Å². The van der Waals surface area contributed by atoms with Gasteiger partial charge in [0.05, 0.1) is 11.2 Å². The van der Waals surface area contributed by atoms with Gasteiger partial charge in [-0.25, -0.2) is 19.9 Å². The fourth-order valence-electron chi connectivity index (χ4n) is 2.95. The smallest absolute Gasteiger partial charge is 0.382 e. The van der Waals surface area contributed by atoms with E-state index in [0.717, 1.165) is 10.9 Å². The third kappa shape index (κ3) is 4.39. The van der Waals surface area contributed by atoms with E-state index < -0.39 is 17.5 Å². The second-order valence-electron chi connectivity index (χ2n) is 7.16. The SMILES string of the molecule is Cc1nc(N)c2nc(-c3cccc(C#C[C@](C)(O)c4nc(C(F)(F)F)cs4)c3)ccc2n1. The molecule has 32 heavy (non-hydrogen) atoms. The lowest BCUT2D eigenvalue weighted by molar-refractivity contribution is -0.140. The van der Waals surface area contributed by atoms with E-state index in [9.17, 15) is 18.3 Å². The molecule has 0 aliphatic carbocycles. The molecular formula is C22H16F3N5OS. The highest BCUT2D eigenvalue weighted by Gasteiger charge is 2.36. The number of pyridine rings is 1. The minimum absolute atomic E-state index is 0.129. The summed E-state index contributed by atoms with van der Waals surface area (Å²) in [5.41, 5.74) is 6.11. The molecule has 162 valence electrons. The Morgan fingerprint density at radius 1 is 1.06 bits per heavy atom. The first-order valence-corrected chi connectivity index (χ1v) is 10.2. The Kier molecular flexibility index (Phi) is 5.32. The van der Waals surface area contributed by atoms with Gasteiger partial charge in [0.1, 0.15) is 16.3 Å². The van der Waals surface area contributed by atoms with Crippen molar-refractivity contribution in [3.8, 4) is 23.1 Å². The van der Waals surface area contributed by atoms with Crippen molar-refractivity contribution in [3.63, 3.8) is 0 Å². The van der Waals surface area contributed by atoms with Crippen molar-refractivity contribution in [2.75, 3.05) is 5.73 Å². The van der Waals surface area contributed by atoms with Crippen molar-refractivity contribution in [3.05, 3.63) is 63.9 Å². The van der Waals surface area contributed by atoms with Crippen molar-refractivity contribution in [1.82, 2.24) is 19.9 Å². The number of nitrogens with two attached hydrogens (primary N) is 1. The van der Waals surface area contributed by atoms with Crippen LogP contribution in [0.25, 0.3) is 22.3 Å². The molecule has 1 atom stereocenters. The van der Waals surface area contributed by atoms with Crippen molar-refractivity contribution >= 4 is 28.2 Å². The molecule has 3 aromatic heterocycles. The van der Waals surface area contributed by atoms with E-state index in [1.54, 1.807) is 37.3 Å². The highest BCUT2D eigenvalue weighted by atomic mass is 32.1. The maximum Gasteiger partial charge on any atom is 0.434 e. The minimum Gasteiger partial charge on any atom is -0.382 e. The molecule has 3 N–H and O–H groups in total. The molecule has 4 rings (SSSR count). The molecule has 10 heteroatoms. The molecule has 0 saturated heterocycles. The molecule has 6 nitrogen and oxygen atoms in total. The lowest BCUT2D eigenvalue weighted by Crippen LogP contribution is -2.19. The predicted octanol–water partition coefficient (Wildman–Crippen LogP) is 4.32. The first kappa shape index (κ1) is 21.7. The Hall–Kier alpha value is -3.55. The van der Waals surface area contributed by atoms with Crippen LogP contribution in [0.1, 0.15) is 29.0 Å². The summed E-state index contributed by atoms with van der Waals surface area (Å²) >= 11 is 0.705. The van der Waals surface area contributed by atoms with Gasteiger partial charge in [0.15, 0.2) is 17.1 Å². The fourth-order valence-corrected chi connectivity index (χ4v) is 3.79. The summed E-state index contributed by atoms with van der Waals surface area (Å²) in [5, 5.41) is 11.3.